The summed E-state index contributed by atoms with van der Waals surface area (Å²) >= 11 is 0. The molecule has 0 bridgehead atoms. The summed E-state index contributed by atoms with van der Waals surface area (Å²) < 4.78 is 7.37. The Bertz CT molecular complexity index is 925. The Kier molecular flexibility index (Phi) is 4.20. The predicted molar refractivity (Wildman–Crippen MR) is 96.1 cm³/mol. The molecule has 1 aliphatic rings. The number of hydrogen-bond donors (Lipinski definition) is 2. The molecule has 7 nitrogen and oxygen atoms in total. The second-order valence-corrected chi connectivity index (χ2v) is 6.53. The molecule has 3 aromatic rings. The Labute approximate surface area is 151 Å². The Morgan fingerprint density at radius 3 is 2.88 bits per heavy atom. The number of carbonyl (C=O) groups excluding carboxylic acids is 1. The Morgan fingerprint density at radius 1 is 1.38 bits per heavy atom. The van der Waals surface area contributed by atoms with Crippen LogP contribution in [0.1, 0.15) is 52.4 Å². The lowest BCUT2D eigenvalue weighted by molar-refractivity contribution is 0.0935. The minimum absolute atomic E-state index is 0.243. The molecule has 1 atom stereocenters. The van der Waals surface area contributed by atoms with Crippen LogP contribution < -0.4 is 10.1 Å². The zero-order valence-electron chi connectivity index (χ0n) is 14.8. The molecule has 2 heterocycles. The third kappa shape index (κ3) is 3.08. The second kappa shape index (κ2) is 6.67. The number of amides is 1. The van der Waals surface area contributed by atoms with Crippen molar-refractivity contribution in [3.63, 3.8) is 0 Å². The number of benzene rings is 1. The molecule has 26 heavy (non-hydrogen) atoms. The highest BCUT2D eigenvalue weighted by atomic mass is 16.5. The highest BCUT2D eigenvalue weighted by molar-refractivity contribution is 5.93. The van der Waals surface area contributed by atoms with Crippen LogP contribution in [0.4, 0.5) is 0 Å². The fourth-order valence-corrected chi connectivity index (χ4v) is 3.10. The average molecular weight is 351 g/mol. The topological polar surface area (TPSA) is 84.8 Å². The Morgan fingerprint density at radius 2 is 2.19 bits per heavy atom. The molecule has 1 aromatic carbocycles. The number of aryl methyl sites for hydroxylation is 1. The van der Waals surface area contributed by atoms with E-state index < -0.39 is 6.04 Å². The molecule has 1 aliphatic carbocycles. The quantitative estimate of drug-likeness (QED) is 0.715. The van der Waals surface area contributed by atoms with Crippen molar-refractivity contribution in [3.8, 4) is 5.75 Å². The van der Waals surface area contributed by atoms with Crippen molar-refractivity contribution in [2.45, 2.75) is 24.8 Å². The Balaban J connectivity index is 1.66. The normalized spacial score (nSPS) is 14.8. The van der Waals surface area contributed by atoms with Gasteiger partial charge in [-0.3, -0.25) is 9.89 Å². The number of aromatic nitrogens is 4. The first-order valence-corrected chi connectivity index (χ1v) is 8.63. The summed E-state index contributed by atoms with van der Waals surface area (Å²) in [5.74, 6) is 1.69. The van der Waals surface area contributed by atoms with E-state index in [1.165, 1.54) is 0 Å². The molecular formula is C19H21N5O2. The summed E-state index contributed by atoms with van der Waals surface area (Å²) in [5, 5.41) is 10.2. The van der Waals surface area contributed by atoms with E-state index in [1.54, 1.807) is 13.3 Å². The van der Waals surface area contributed by atoms with Crippen molar-refractivity contribution < 1.29 is 9.53 Å². The number of carbonyl (C=O) groups is 1. The molecule has 2 aromatic heterocycles. The zero-order valence-corrected chi connectivity index (χ0v) is 14.8. The van der Waals surface area contributed by atoms with E-state index >= 15 is 0 Å². The third-order valence-corrected chi connectivity index (χ3v) is 4.69. The van der Waals surface area contributed by atoms with Gasteiger partial charge in [0.1, 0.15) is 23.3 Å². The smallest absolute Gasteiger partial charge is 0.272 e. The van der Waals surface area contributed by atoms with E-state index in [2.05, 4.69) is 20.5 Å². The number of rotatable bonds is 6. The lowest BCUT2D eigenvalue weighted by Crippen LogP contribution is -2.31. The molecule has 4 rings (SSSR count). The molecule has 1 saturated carbocycles. The average Bonchev–Trinajstić information content (AvgIpc) is 3.23. The van der Waals surface area contributed by atoms with Gasteiger partial charge in [-0.25, -0.2) is 4.98 Å². The van der Waals surface area contributed by atoms with Crippen LogP contribution in [-0.2, 0) is 7.05 Å². The lowest BCUT2D eigenvalue weighted by Gasteiger charge is -2.20. The second-order valence-electron chi connectivity index (χ2n) is 6.53. The standard InChI is InChI=1S/C19H21N5O2/c1-24-10-9-20-18(24)17(13-5-3-4-6-16(13)26-2)21-19(25)15-11-14(22-23-15)12-7-8-12/h3-6,9-12,17H,7-8H2,1-2H3,(H,21,25)(H,22,23). The van der Waals surface area contributed by atoms with Gasteiger partial charge in [-0.05, 0) is 25.0 Å². The van der Waals surface area contributed by atoms with Crippen molar-refractivity contribution in [2.75, 3.05) is 7.11 Å². The number of H-pyrrole nitrogens is 1. The van der Waals surface area contributed by atoms with E-state index in [4.69, 9.17) is 4.74 Å². The number of nitrogens with one attached hydrogen (secondary N) is 2. The van der Waals surface area contributed by atoms with Crippen LogP contribution in [0.3, 0.4) is 0 Å². The van der Waals surface area contributed by atoms with Gasteiger partial charge >= 0.3 is 0 Å². The largest absolute Gasteiger partial charge is 0.496 e. The summed E-state index contributed by atoms with van der Waals surface area (Å²) in [4.78, 5) is 17.2. The van der Waals surface area contributed by atoms with Gasteiger partial charge < -0.3 is 14.6 Å². The molecule has 134 valence electrons. The highest BCUT2D eigenvalue weighted by Gasteiger charge is 2.28. The number of para-hydroxylation sites is 1. The van der Waals surface area contributed by atoms with Crippen LogP contribution in [0.25, 0.3) is 0 Å². The van der Waals surface area contributed by atoms with Crippen LogP contribution in [0.2, 0.25) is 0 Å². The maximum Gasteiger partial charge on any atom is 0.272 e. The fourth-order valence-electron chi connectivity index (χ4n) is 3.10. The van der Waals surface area contributed by atoms with Gasteiger partial charge in [0.05, 0.1) is 7.11 Å². The van der Waals surface area contributed by atoms with Crippen molar-refractivity contribution in [3.05, 3.63) is 65.5 Å². The van der Waals surface area contributed by atoms with Gasteiger partial charge in [0.2, 0.25) is 0 Å². The molecule has 0 aliphatic heterocycles. The molecule has 2 N–H and O–H groups in total. The van der Waals surface area contributed by atoms with E-state index in [-0.39, 0.29) is 5.91 Å². The molecule has 1 unspecified atom stereocenters. The van der Waals surface area contributed by atoms with Gasteiger partial charge in [-0.15, -0.1) is 0 Å². The van der Waals surface area contributed by atoms with E-state index in [0.29, 0.717) is 17.4 Å². The Hall–Kier alpha value is -3.09. The summed E-state index contributed by atoms with van der Waals surface area (Å²) in [7, 11) is 3.52. The van der Waals surface area contributed by atoms with Crippen molar-refractivity contribution >= 4 is 5.91 Å². The molecule has 0 saturated heterocycles. The van der Waals surface area contributed by atoms with Crippen LogP contribution in [0.5, 0.6) is 5.75 Å². The molecule has 7 heteroatoms. The van der Waals surface area contributed by atoms with Crippen LogP contribution in [-0.4, -0.2) is 32.8 Å². The number of hydrogen-bond acceptors (Lipinski definition) is 4. The van der Waals surface area contributed by atoms with Crippen LogP contribution in [0.15, 0.2) is 42.7 Å². The summed E-state index contributed by atoms with van der Waals surface area (Å²) in [6, 6.07) is 9.01. The van der Waals surface area contributed by atoms with Crippen LogP contribution in [0, 0.1) is 0 Å². The maximum atomic E-state index is 12.8. The molecule has 0 radical (unpaired) electrons. The first-order chi connectivity index (χ1) is 12.7. The number of nitrogens with zero attached hydrogens (tertiary/aromatic N) is 3. The van der Waals surface area contributed by atoms with Crippen LogP contribution >= 0.6 is 0 Å². The predicted octanol–water partition coefficient (Wildman–Crippen LogP) is 2.55. The van der Waals surface area contributed by atoms with Crippen molar-refractivity contribution in [1.29, 1.82) is 0 Å². The SMILES string of the molecule is COc1ccccc1C(NC(=O)c1cc(C2CC2)[nH]n1)c1nccn1C. The molecular weight excluding hydrogens is 330 g/mol. The van der Waals surface area contributed by atoms with Crippen molar-refractivity contribution in [1.82, 2.24) is 25.1 Å². The van der Waals surface area contributed by atoms with Gasteiger partial charge in [-0.2, -0.15) is 5.10 Å². The zero-order chi connectivity index (χ0) is 18.1. The maximum absolute atomic E-state index is 12.8. The molecule has 1 amide bonds. The number of methoxy groups -OCH3 is 1. The van der Waals surface area contributed by atoms with Gasteiger partial charge in [0.15, 0.2) is 0 Å². The highest BCUT2D eigenvalue weighted by Crippen LogP contribution is 2.39. The number of imidazole rings is 1. The lowest BCUT2D eigenvalue weighted by atomic mass is 10.0. The first kappa shape index (κ1) is 16.4. The third-order valence-electron chi connectivity index (χ3n) is 4.69. The number of aromatic amines is 1. The minimum atomic E-state index is -0.445. The van der Waals surface area contributed by atoms with Gasteiger partial charge in [-0.1, -0.05) is 18.2 Å². The van der Waals surface area contributed by atoms with Gasteiger partial charge in [0, 0.05) is 36.6 Å². The first-order valence-electron chi connectivity index (χ1n) is 8.63. The molecule has 1 fully saturated rings. The van der Waals surface area contributed by atoms with Crippen molar-refractivity contribution in [2.24, 2.45) is 7.05 Å². The fraction of sp³-hybridized carbons (Fsp3) is 0.316. The molecule has 0 spiro atoms. The van der Waals surface area contributed by atoms with E-state index in [9.17, 15) is 4.79 Å². The summed E-state index contributed by atoms with van der Waals surface area (Å²) in [6.45, 7) is 0. The summed E-state index contributed by atoms with van der Waals surface area (Å²) in [5.41, 5.74) is 2.26. The summed E-state index contributed by atoms with van der Waals surface area (Å²) in [6.07, 6.45) is 5.87. The van der Waals surface area contributed by atoms with E-state index in [1.807, 2.05) is 48.1 Å². The van der Waals surface area contributed by atoms with Gasteiger partial charge in [0.25, 0.3) is 5.91 Å². The minimum Gasteiger partial charge on any atom is -0.496 e. The monoisotopic (exact) mass is 351 g/mol. The number of ether oxygens (including phenoxy) is 1. The van der Waals surface area contributed by atoms with E-state index in [0.717, 1.165) is 29.9 Å².